The van der Waals surface area contributed by atoms with Crippen molar-refractivity contribution in [3.63, 3.8) is 0 Å². The smallest absolute Gasteiger partial charge is 0.159 e. The van der Waals surface area contributed by atoms with Crippen LogP contribution in [0.2, 0.25) is 0 Å². The van der Waals surface area contributed by atoms with Crippen LogP contribution in [-0.2, 0) is 0 Å². The molecular weight excluding hydrogens is 597 g/mol. The SMILES string of the molecule is c1ccc2c(c1)cc(Nc1ccc(-c3ccc(-c4ccc(-n5c6ccccc6c6ccccc65)cc4)cc3)cc1)c1oc3ccccc3c12. The average molecular weight is 627 g/mol. The Morgan fingerprint density at radius 2 is 0.918 bits per heavy atom. The Morgan fingerprint density at radius 3 is 1.55 bits per heavy atom. The Morgan fingerprint density at radius 1 is 0.429 bits per heavy atom. The van der Waals surface area contributed by atoms with Gasteiger partial charge in [-0.15, -0.1) is 0 Å². The largest absolute Gasteiger partial charge is 0.454 e. The van der Waals surface area contributed by atoms with Gasteiger partial charge in [0.05, 0.1) is 16.7 Å². The minimum Gasteiger partial charge on any atom is -0.454 e. The van der Waals surface area contributed by atoms with Gasteiger partial charge in [0.2, 0.25) is 0 Å². The molecule has 10 aromatic rings. The number of para-hydroxylation sites is 3. The highest BCUT2D eigenvalue weighted by Gasteiger charge is 2.15. The molecule has 0 aliphatic carbocycles. The fourth-order valence-corrected chi connectivity index (χ4v) is 7.43. The molecule has 0 aliphatic heterocycles. The van der Waals surface area contributed by atoms with Gasteiger partial charge < -0.3 is 14.3 Å². The summed E-state index contributed by atoms with van der Waals surface area (Å²) >= 11 is 0. The molecule has 10 rings (SSSR count). The van der Waals surface area contributed by atoms with Gasteiger partial charge in [-0.05, 0) is 81.6 Å². The molecule has 8 aromatic carbocycles. The first-order valence-electron chi connectivity index (χ1n) is 16.7. The maximum Gasteiger partial charge on any atom is 0.159 e. The molecule has 1 N–H and O–H groups in total. The van der Waals surface area contributed by atoms with Gasteiger partial charge in [0.25, 0.3) is 0 Å². The summed E-state index contributed by atoms with van der Waals surface area (Å²) in [6.07, 6.45) is 0. The molecule has 2 aromatic heterocycles. The standard InChI is InChI=1S/C46H30N2O/c1-2-10-37-34(9-1)29-41(46-45(37)40-13-5-8-16-44(40)49-46)47-35-25-21-32(22-26-35)30-17-19-31(20-18-30)33-23-27-36(28-24-33)48-42-14-6-3-11-38(42)39-12-4-7-15-43(39)48/h1-29,47H. The van der Waals surface area contributed by atoms with E-state index in [1.807, 2.05) is 12.1 Å². The second-order valence-electron chi connectivity index (χ2n) is 12.6. The zero-order chi connectivity index (χ0) is 32.3. The monoisotopic (exact) mass is 626 g/mol. The van der Waals surface area contributed by atoms with Gasteiger partial charge in [-0.2, -0.15) is 0 Å². The molecule has 0 bridgehead atoms. The van der Waals surface area contributed by atoms with Gasteiger partial charge in [0.1, 0.15) is 5.58 Å². The first-order valence-corrected chi connectivity index (χ1v) is 16.7. The zero-order valence-electron chi connectivity index (χ0n) is 26.6. The fraction of sp³-hybridized carbons (Fsp3) is 0. The lowest BCUT2D eigenvalue weighted by molar-refractivity contribution is 0.670. The Kier molecular flexibility index (Phi) is 6.18. The van der Waals surface area contributed by atoms with Crippen molar-refractivity contribution < 1.29 is 4.42 Å². The number of aromatic nitrogens is 1. The quantitative estimate of drug-likeness (QED) is 0.206. The van der Waals surface area contributed by atoms with Crippen molar-refractivity contribution in [3.05, 3.63) is 176 Å². The van der Waals surface area contributed by atoms with Gasteiger partial charge >= 0.3 is 0 Å². The number of rotatable bonds is 5. The Bertz CT molecular complexity index is 2770. The van der Waals surface area contributed by atoms with E-state index in [1.54, 1.807) is 0 Å². The first kappa shape index (κ1) is 27.5. The first-order chi connectivity index (χ1) is 24.3. The van der Waals surface area contributed by atoms with Gasteiger partial charge in [0.15, 0.2) is 5.58 Å². The number of hydrogen-bond donors (Lipinski definition) is 1. The number of furan rings is 1. The maximum atomic E-state index is 6.40. The minimum absolute atomic E-state index is 0.877. The van der Waals surface area contributed by atoms with Crippen molar-refractivity contribution in [2.24, 2.45) is 0 Å². The van der Waals surface area contributed by atoms with E-state index in [0.717, 1.165) is 39.0 Å². The molecule has 0 spiro atoms. The summed E-state index contributed by atoms with van der Waals surface area (Å²) in [6, 6.07) is 62.6. The van der Waals surface area contributed by atoms with E-state index >= 15 is 0 Å². The van der Waals surface area contributed by atoms with E-state index in [9.17, 15) is 0 Å². The van der Waals surface area contributed by atoms with Crippen LogP contribution in [0.15, 0.2) is 180 Å². The second-order valence-corrected chi connectivity index (χ2v) is 12.6. The highest BCUT2D eigenvalue weighted by molar-refractivity contribution is 6.22. The van der Waals surface area contributed by atoms with Gasteiger partial charge in [-0.1, -0.05) is 127 Å². The van der Waals surface area contributed by atoms with Crippen molar-refractivity contribution in [1.82, 2.24) is 4.57 Å². The third-order valence-corrected chi connectivity index (χ3v) is 9.79. The van der Waals surface area contributed by atoms with Crippen LogP contribution in [0.3, 0.4) is 0 Å². The lowest BCUT2D eigenvalue weighted by atomic mass is 10.00. The molecule has 0 saturated heterocycles. The van der Waals surface area contributed by atoms with Crippen LogP contribution in [0.5, 0.6) is 0 Å². The topological polar surface area (TPSA) is 30.1 Å². The minimum atomic E-state index is 0.877. The van der Waals surface area contributed by atoms with Crippen molar-refractivity contribution in [2.75, 3.05) is 5.32 Å². The van der Waals surface area contributed by atoms with Crippen LogP contribution in [0.4, 0.5) is 11.4 Å². The predicted molar refractivity (Wildman–Crippen MR) is 206 cm³/mol. The summed E-state index contributed by atoms with van der Waals surface area (Å²) in [5.74, 6) is 0. The molecule has 3 nitrogen and oxygen atoms in total. The number of benzene rings is 8. The third kappa shape index (κ3) is 4.51. The van der Waals surface area contributed by atoms with Crippen LogP contribution in [-0.4, -0.2) is 4.57 Å². The molecule has 0 amide bonds. The summed E-state index contributed by atoms with van der Waals surface area (Å²) in [6.45, 7) is 0. The predicted octanol–water partition coefficient (Wildman–Crippen LogP) is 12.9. The summed E-state index contributed by atoms with van der Waals surface area (Å²) in [4.78, 5) is 0. The number of hydrogen-bond acceptors (Lipinski definition) is 2. The average Bonchev–Trinajstić information content (AvgIpc) is 3.73. The number of nitrogens with zero attached hydrogens (tertiary/aromatic N) is 1. The highest BCUT2D eigenvalue weighted by atomic mass is 16.3. The van der Waals surface area contributed by atoms with Crippen LogP contribution in [0.25, 0.3) is 82.5 Å². The van der Waals surface area contributed by atoms with Crippen LogP contribution < -0.4 is 5.32 Å². The van der Waals surface area contributed by atoms with Gasteiger partial charge in [-0.3, -0.25) is 0 Å². The fourth-order valence-electron chi connectivity index (χ4n) is 7.43. The molecule has 0 aliphatic rings. The van der Waals surface area contributed by atoms with Crippen molar-refractivity contribution in [1.29, 1.82) is 0 Å². The van der Waals surface area contributed by atoms with E-state index in [4.69, 9.17) is 4.42 Å². The number of fused-ring (bicyclic) bond motifs is 8. The molecule has 2 heterocycles. The molecule has 0 saturated carbocycles. The Labute approximate surface area is 283 Å². The van der Waals surface area contributed by atoms with Crippen molar-refractivity contribution >= 4 is 65.9 Å². The highest BCUT2D eigenvalue weighted by Crippen LogP contribution is 2.40. The van der Waals surface area contributed by atoms with Crippen LogP contribution in [0, 0.1) is 0 Å². The number of anilines is 2. The summed E-state index contributed by atoms with van der Waals surface area (Å²) in [5.41, 5.74) is 12.1. The molecule has 0 fully saturated rings. The second kappa shape index (κ2) is 11.0. The van der Waals surface area contributed by atoms with E-state index in [2.05, 4.69) is 174 Å². The van der Waals surface area contributed by atoms with E-state index < -0.39 is 0 Å². The lowest BCUT2D eigenvalue weighted by Crippen LogP contribution is -1.93. The summed E-state index contributed by atoms with van der Waals surface area (Å²) < 4.78 is 8.76. The molecule has 0 atom stereocenters. The van der Waals surface area contributed by atoms with E-state index in [-0.39, 0.29) is 0 Å². The Hall–Kier alpha value is -6.58. The summed E-state index contributed by atoms with van der Waals surface area (Å²) in [7, 11) is 0. The normalized spacial score (nSPS) is 11.7. The molecule has 3 heteroatoms. The third-order valence-electron chi connectivity index (χ3n) is 9.79. The Balaban J connectivity index is 0.921. The van der Waals surface area contributed by atoms with Gasteiger partial charge in [-0.25, -0.2) is 0 Å². The maximum absolute atomic E-state index is 6.40. The molecule has 0 radical (unpaired) electrons. The molecular formula is C46H30N2O. The van der Waals surface area contributed by atoms with Gasteiger partial charge in [0, 0.05) is 32.9 Å². The molecule has 49 heavy (non-hydrogen) atoms. The van der Waals surface area contributed by atoms with Crippen LogP contribution >= 0.6 is 0 Å². The van der Waals surface area contributed by atoms with E-state index in [1.165, 1.54) is 54.8 Å². The van der Waals surface area contributed by atoms with Crippen molar-refractivity contribution in [2.45, 2.75) is 0 Å². The number of nitrogens with one attached hydrogen (secondary N) is 1. The lowest BCUT2D eigenvalue weighted by Gasteiger charge is -2.11. The molecule has 0 unspecified atom stereocenters. The zero-order valence-corrected chi connectivity index (χ0v) is 26.6. The van der Waals surface area contributed by atoms with E-state index in [0.29, 0.717) is 0 Å². The molecule has 230 valence electrons. The van der Waals surface area contributed by atoms with Crippen LogP contribution in [0.1, 0.15) is 0 Å². The summed E-state index contributed by atoms with van der Waals surface area (Å²) in [5, 5.41) is 10.9. The van der Waals surface area contributed by atoms with Crippen molar-refractivity contribution in [3.8, 4) is 27.9 Å².